The van der Waals surface area contributed by atoms with Gasteiger partial charge in [0.25, 0.3) is 0 Å². The minimum Gasteiger partial charge on any atom is -0.322 e. The van der Waals surface area contributed by atoms with Crippen LogP contribution in [0.25, 0.3) is 0 Å². The van der Waals surface area contributed by atoms with Crippen LogP contribution in [-0.4, -0.2) is 21.6 Å². The second-order valence-electron chi connectivity index (χ2n) is 4.51. The van der Waals surface area contributed by atoms with Crippen LogP contribution in [0.2, 0.25) is 5.02 Å². The molecule has 0 aliphatic carbocycles. The summed E-state index contributed by atoms with van der Waals surface area (Å²) < 4.78 is 1.85. The molecule has 1 amide bonds. The molecule has 106 valence electrons. The van der Waals surface area contributed by atoms with Crippen LogP contribution in [0.4, 0.5) is 5.69 Å². The van der Waals surface area contributed by atoms with Gasteiger partial charge in [0, 0.05) is 5.02 Å². The number of nitrogens with zero attached hydrogens (tertiary/aromatic N) is 2. The van der Waals surface area contributed by atoms with Crippen LogP contribution in [0.15, 0.2) is 24.3 Å². The van der Waals surface area contributed by atoms with E-state index in [0.717, 1.165) is 22.6 Å². The normalized spacial score (nSPS) is 10.6. The van der Waals surface area contributed by atoms with Crippen molar-refractivity contribution in [2.75, 3.05) is 11.2 Å². The van der Waals surface area contributed by atoms with Crippen molar-refractivity contribution in [2.24, 2.45) is 0 Å². The molecule has 1 N–H and O–H groups in total. The maximum Gasteiger partial charge on any atom is 0.239 e. The zero-order chi connectivity index (χ0) is 14.7. The van der Waals surface area contributed by atoms with Gasteiger partial charge < -0.3 is 5.32 Å². The van der Waals surface area contributed by atoms with Crippen molar-refractivity contribution in [3.8, 4) is 0 Å². The standard InChI is InChI=1S/C14H15Cl2N3O/c1-9-14(17-13(20)7-15)10(2)19(18-9)8-11-3-5-12(16)6-4-11/h3-6H,7-8H2,1-2H3,(H,17,20). The maximum atomic E-state index is 11.4. The van der Waals surface area contributed by atoms with Crippen molar-refractivity contribution in [1.29, 1.82) is 0 Å². The van der Waals surface area contributed by atoms with Gasteiger partial charge in [0.15, 0.2) is 0 Å². The van der Waals surface area contributed by atoms with Crippen LogP contribution in [-0.2, 0) is 11.3 Å². The number of rotatable bonds is 4. The number of aromatic nitrogens is 2. The Morgan fingerprint density at radius 2 is 1.95 bits per heavy atom. The van der Waals surface area contributed by atoms with E-state index in [1.165, 1.54) is 0 Å². The molecule has 1 aromatic carbocycles. The Kier molecular flexibility index (Phi) is 4.68. The third kappa shape index (κ3) is 3.32. The average Bonchev–Trinajstić information content (AvgIpc) is 2.69. The first-order chi connectivity index (χ1) is 9.51. The number of aryl methyl sites for hydroxylation is 1. The topological polar surface area (TPSA) is 46.9 Å². The molecule has 0 saturated heterocycles. The predicted molar refractivity (Wildman–Crippen MR) is 81.6 cm³/mol. The van der Waals surface area contributed by atoms with Gasteiger partial charge in [0.05, 0.1) is 23.6 Å². The molecule has 1 heterocycles. The summed E-state index contributed by atoms with van der Waals surface area (Å²) in [7, 11) is 0. The molecular formula is C14H15Cl2N3O. The van der Waals surface area contributed by atoms with Crippen molar-refractivity contribution < 1.29 is 4.79 Å². The minimum absolute atomic E-state index is 0.0682. The molecule has 0 bridgehead atoms. The van der Waals surface area contributed by atoms with Gasteiger partial charge in [-0.3, -0.25) is 9.48 Å². The highest BCUT2D eigenvalue weighted by molar-refractivity contribution is 6.30. The van der Waals surface area contributed by atoms with Gasteiger partial charge >= 0.3 is 0 Å². The lowest BCUT2D eigenvalue weighted by Gasteiger charge is -2.06. The van der Waals surface area contributed by atoms with Crippen LogP contribution in [0.1, 0.15) is 17.0 Å². The lowest BCUT2D eigenvalue weighted by molar-refractivity contribution is -0.113. The summed E-state index contributed by atoms with van der Waals surface area (Å²) >= 11 is 11.4. The summed E-state index contributed by atoms with van der Waals surface area (Å²) in [6.45, 7) is 4.40. The number of hydrogen-bond acceptors (Lipinski definition) is 2. The minimum atomic E-state index is -0.232. The van der Waals surface area contributed by atoms with E-state index in [9.17, 15) is 4.79 Å². The van der Waals surface area contributed by atoms with E-state index < -0.39 is 0 Å². The van der Waals surface area contributed by atoms with Gasteiger partial charge in [-0.1, -0.05) is 23.7 Å². The third-order valence-corrected chi connectivity index (χ3v) is 3.51. The number of carbonyl (C=O) groups excluding carboxylic acids is 1. The molecule has 0 radical (unpaired) electrons. The Hall–Kier alpha value is -1.52. The van der Waals surface area contributed by atoms with Gasteiger partial charge in [-0.25, -0.2) is 0 Å². The number of carbonyl (C=O) groups is 1. The number of anilines is 1. The molecule has 0 aliphatic rings. The molecule has 4 nitrogen and oxygen atoms in total. The van der Waals surface area contributed by atoms with Crippen molar-refractivity contribution in [3.63, 3.8) is 0 Å². The maximum absolute atomic E-state index is 11.4. The van der Waals surface area contributed by atoms with E-state index in [4.69, 9.17) is 23.2 Å². The summed E-state index contributed by atoms with van der Waals surface area (Å²) in [5.74, 6) is -0.301. The van der Waals surface area contributed by atoms with Gasteiger partial charge in [-0.05, 0) is 31.5 Å². The fourth-order valence-corrected chi connectivity index (χ4v) is 2.16. The molecule has 0 saturated carbocycles. The van der Waals surface area contributed by atoms with Crippen LogP contribution in [0, 0.1) is 13.8 Å². The van der Waals surface area contributed by atoms with E-state index in [0.29, 0.717) is 11.6 Å². The number of benzene rings is 1. The molecule has 2 rings (SSSR count). The summed E-state index contributed by atoms with van der Waals surface area (Å²) in [5, 5.41) is 7.91. The van der Waals surface area contributed by atoms with Crippen LogP contribution < -0.4 is 5.32 Å². The second-order valence-corrected chi connectivity index (χ2v) is 5.22. The lowest BCUT2D eigenvalue weighted by atomic mass is 10.2. The molecule has 0 spiro atoms. The highest BCUT2D eigenvalue weighted by Gasteiger charge is 2.13. The fourth-order valence-electron chi connectivity index (χ4n) is 1.97. The third-order valence-electron chi connectivity index (χ3n) is 3.01. The molecule has 0 unspecified atom stereocenters. The molecule has 0 atom stereocenters. The zero-order valence-corrected chi connectivity index (χ0v) is 12.8. The Morgan fingerprint density at radius 3 is 2.55 bits per heavy atom. The van der Waals surface area contributed by atoms with E-state index in [1.807, 2.05) is 42.8 Å². The largest absolute Gasteiger partial charge is 0.322 e. The Balaban J connectivity index is 2.23. The molecular weight excluding hydrogens is 297 g/mol. The SMILES string of the molecule is Cc1nn(Cc2ccc(Cl)cc2)c(C)c1NC(=O)CCl. The van der Waals surface area contributed by atoms with Crippen molar-refractivity contribution >= 4 is 34.8 Å². The van der Waals surface area contributed by atoms with Crippen molar-refractivity contribution in [2.45, 2.75) is 20.4 Å². The highest BCUT2D eigenvalue weighted by Crippen LogP contribution is 2.21. The quantitative estimate of drug-likeness (QED) is 0.880. The molecule has 2 aromatic rings. The van der Waals surface area contributed by atoms with E-state index >= 15 is 0 Å². The number of hydrogen-bond donors (Lipinski definition) is 1. The van der Waals surface area contributed by atoms with Crippen molar-refractivity contribution in [3.05, 3.63) is 46.2 Å². The molecule has 20 heavy (non-hydrogen) atoms. The van der Waals surface area contributed by atoms with E-state index in [-0.39, 0.29) is 11.8 Å². The molecule has 1 aromatic heterocycles. The molecule has 0 fully saturated rings. The van der Waals surface area contributed by atoms with Crippen LogP contribution in [0.3, 0.4) is 0 Å². The molecule has 0 aliphatic heterocycles. The first kappa shape index (κ1) is 14.9. The summed E-state index contributed by atoms with van der Waals surface area (Å²) in [6, 6.07) is 7.60. The average molecular weight is 312 g/mol. The van der Waals surface area contributed by atoms with Gasteiger partial charge in [0.1, 0.15) is 5.88 Å². The van der Waals surface area contributed by atoms with Gasteiger partial charge in [0.2, 0.25) is 5.91 Å². The number of alkyl halides is 1. The first-order valence-electron chi connectivity index (χ1n) is 6.15. The Morgan fingerprint density at radius 1 is 1.30 bits per heavy atom. The second kappa shape index (κ2) is 6.29. The Labute approximate surface area is 127 Å². The fraction of sp³-hybridized carbons (Fsp3) is 0.286. The van der Waals surface area contributed by atoms with Gasteiger partial charge in [-0.2, -0.15) is 5.10 Å². The highest BCUT2D eigenvalue weighted by atomic mass is 35.5. The monoisotopic (exact) mass is 311 g/mol. The molecule has 6 heteroatoms. The van der Waals surface area contributed by atoms with E-state index in [1.54, 1.807) is 0 Å². The smallest absolute Gasteiger partial charge is 0.239 e. The van der Waals surface area contributed by atoms with Crippen molar-refractivity contribution in [1.82, 2.24) is 9.78 Å². The first-order valence-corrected chi connectivity index (χ1v) is 7.06. The number of halogens is 2. The lowest BCUT2D eigenvalue weighted by Crippen LogP contribution is -2.14. The predicted octanol–water partition coefficient (Wildman–Crippen LogP) is 3.38. The number of amides is 1. The summed E-state index contributed by atoms with van der Waals surface area (Å²) in [4.78, 5) is 11.4. The summed E-state index contributed by atoms with van der Waals surface area (Å²) in [5.41, 5.74) is 3.49. The number of nitrogens with one attached hydrogen (secondary N) is 1. The Bertz CT molecular complexity index is 620. The van der Waals surface area contributed by atoms with Crippen LogP contribution >= 0.6 is 23.2 Å². The zero-order valence-electron chi connectivity index (χ0n) is 11.3. The van der Waals surface area contributed by atoms with E-state index in [2.05, 4.69) is 10.4 Å². The summed E-state index contributed by atoms with van der Waals surface area (Å²) in [6.07, 6.45) is 0. The van der Waals surface area contributed by atoms with Gasteiger partial charge in [-0.15, -0.1) is 11.6 Å². The van der Waals surface area contributed by atoms with Crippen LogP contribution in [0.5, 0.6) is 0 Å².